The summed E-state index contributed by atoms with van der Waals surface area (Å²) in [5.41, 5.74) is 4.77. The van der Waals surface area contributed by atoms with Gasteiger partial charge >= 0.3 is 0 Å². The van der Waals surface area contributed by atoms with E-state index in [4.69, 9.17) is 4.98 Å². The van der Waals surface area contributed by atoms with E-state index < -0.39 is 0 Å². The van der Waals surface area contributed by atoms with Crippen LogP contribution in [0.15, 0.2) is 28.2 Å². The van der Waals surface area contributed by atoms with Gasteiger partial charge in [0.2, 0.25) is 5.91 Å². The van der Waals surface area contributed by atoms with Crippen LogP contribution < -0.4 is 5.56 Å². The molecular formula is C30H37N3O2S2. The lowest BCUT2D eigenvalue weighted by atomic mass is 9.65. The van der Waals surface area contributed by atoms with Crippen LogP contribution in [-0.4, -0.2) is 38.7 Å². The van der Waals surface area contributed by atoms with Crippen molar-refractivity contribution in [3.8, 4) is 5.69 Å². The predicted octanol–water partition coefficient (Wildman–Crippen LogP) is 6.46. The smallest absolute Gasteiger partial charge is 0.267 e. The van der Waals surface area contributed by atoms with Crippen LogP contribution in [0.25, 0.3) is 15.9 Å². The fourth-order valence-corrected chi connectivity index (χ4v) is 9.71. The minimum absolute atomic E-state index is 0.0117. The Bertz CT molecular complexity index is 1470. The van der Waals surface area contributed by atoms with Crippen LogP contribution in [0.1, 0.15) is 74.4 Å². The van der Waals surface area contributed by atoms with Crippen molar-refractivity contribution in [3.05, 3.63) is 50.1 Å². The first-order valence-corrected chi connectivity index (χ1v) is 15.4. The van der Waals surface area contributed by atoms with Crippen LogP contribution in [0.5, 0.6) is 0 Å². The van der Waals surface area contributed by atoms with Crippen molar-refractivity contribution in [2.75, 3.05) is 12.3 Å². The Morgan fingerprint density at radius 1 is 1.16 bits per heavy atom. The zero-order chi connectivity index (χ0) is 26.1. The number of hydrogen-bond acceptors (Lipinski definition) is 5. The van der Waals surface area contributed by atoms with E-state index in [-0.39, 0.29) is 22.3 Å². The lowest BCUT2D eigenvalue weighted by Crippen LogP contribution is -2.38. The van der Waals surface area contributed by atoms with Gasteiger partial charge in [-0.2, -0.15) is 0 Å². The highest BCUT2D eigenvalue weighted by Crippen LogP contribution is 2.52. The van der Waals surface area contributed by atoms with Crippen molar-refractivity contribution in [2.45, 2.75) is 90.8 Å². The zero-order valence-electron chi connectivity index (χ0n) is 22.6. The molecule has 6 rings (SSSR count). The average molecular weight is 536 g/mol. The van der Waals surface area contributed by atoms with Gasteiger partial charge in [0.15, 0.2) is 5.16 Å². The molecular weight excluding hydrogens is 498 g/mol. The molecule has 1 aromatic carbocycles. The van der Waals surface area contributed by atoms with Gasteiger partial charge in [-0.1, -0.05) is 50.2 Å². The highest BCUT2D eigenvalue weighted by molar-refractivity contribution is 7.99. The largest absolute Gasteiger partial charge is 0.338 e. The molecule has 0 N–H and O–H groups in total. The minimum Gasteiger partial charge on any atom is -0.338 e. The molecule has 2 fully saturated rings. The molecule has 3 heterocycles. The molecule has 2 unspecified atom stereocenters. The first-order valence-electron chi connectivity index (χ1n) is 13.6. The molecule has 1 aliphatic heterocycles. The molecule has 1 saturated carbocycles. The molecule has 0 radical (unpaired) electrons. The summed E-state index contributed by atoms with van der Waals surface area (Å²) in [6, 6.07) is 6.51. The SMILES string of the molecule is Cc1ccc(-n2c(SCC(=O)N3CC4(C)CC3CC(C)(C)C4)nc3sc4c(c3c2=O)CCCC4)c(C)c1. The van der Waals surface area contributed by atoms with Gasteiger partial charge in [0, 0.05) is 17.5 Å². The first kappa shape index (κ1) is 25.2. The van der Waals surface area contributed by atoms with Crippen molar-refractivity contribution < 1.29 is 4.79 Å². The maximum Gasteiger partial charge on any atom is 0.267 e. The summed E-state index contributed by atoms with van der Waals surface area (Å²) in [6.45, 7) is 12.0. The standard InChI is InChI=1S/C30H37N3O2S2/c1-18-10-11-22(19(2)12-18)33-27(35)25-21-8-6-7-9-23(21)37-26(25)31-28(33)36-15-24(34)32-17-30(5)14-20(32)13-29(3,4)16-30/h10-12,20H,6-9,13-17H2,1-5H3. The number of rotatable bonds is 4. The van der Waals surface area contributed by atoms with Gasteiger partial charge in [-0.25, -0.2) is 4.98 Å². The summed E-state index contributed by atoms with van der Waals surface area (Å²) >= 11 is 3.10. The van der Waals surface area contributed by atoms with Crippen LogP contribution in [0.3, 0.4) is 0 Å². The summed E-state index contributed by atoms with van der Waals surface area (Å²) < 4.78 is 1.78. The molecule has 1 amide bonds. The van der Waals surface area contributed by atoms with Gasteiger partial charge in [0.05, 0.1) is 16.8 Å². The molecule has 37 heavy (non-hydrogen) atoms. The molecule has 2 aromatic heterocycles. The van der Waals surface area contributed by atoms with Crippen molar-refractivity contribution in [2.24, 2.45) is 10.8 Å². The molecule has 5 nitrogen and oxygen atoms in total. The van der Waals surface area contributed by atoms with Crippen LogP contribution in [0.4, 0.5) is 0 Å². The Morgan fingerprint density at radius 3 is 2.73 bits per heavy atom. The van der Waals surface area contributed by atoms with E-state index in [1.54, 1.807) is 15.9 Å². The highest BCUT2D eigenvalue weighted by Gasteiger charge is 2.50. The molecule has 0 spiro atoms. The van der Waals surface area contributed by atoms with Gasteiger partial charge < -0.3 is 4.90 Å². The van der Waals surface area contributed by atoms with E-state index in [0.717, 1.165) is 65.7 Å². The molecule has 7 heteroatoms. The third kappa shape index (κ3) is 4.46. The summed E-state index contributed by atoms with van der Waals surface area (Å²) in [4.78, 5) is 37.0. The molecule has 1 saturated heterocycles. The topological polar surface area (TPSA) is 55.2 Å². The minimum atomic E-state index is 0.0117. The van der Waals surface area contributed by atoms with E-state index in [1.165, 1.54) is 35.0 Å². The van der Waals surface area contributed by atoms with E-state index in [0.29, 0.717) is 17.0 Å². The molecule has 196 valence electrons. The quantitative estimate of drug-likeness (QED) is 0.284. The first-order chi connectivity index (χ1) is 17.5. The fraction of sp³-hybridized carbons (Fsp3) is 0.567. The van der Waals surface area contributed by atoms with E-state index in [1.807, 2.05) is 6.07 Å². The number of amides is 1. The molecule has 3 aliphatic rings. The van der Waals surface area contributed by atoms with Crippen LogP contribution in [-0.2, 0) is 17.6 Å². The molecule has 3 aromatic rings. The molecule has 2 atom stereocenters. The summed E-state index contributed by atoms with van der Waals surface area (Å²) in [7, 11) is 0. The number of fused-ring (bicyclic) bond motifs is 5. The number of thioether (sulfide) groups is 1. The van der Waals surface area contributed by atoms with E-state index in [2.05, 4.69) is 51.7 Å². The maximum absolute atomic E-state index is 14.1. The second-order valence-corrected chi connectivity index (χ2v) is 14.8. The normalized spacial score (nSPS) is 24.5. The second-order valence-electron chi connectivity index (χ2n) is 12.7. The Labute approximate surface area is 227 Å². The lowest BCUT2D eigenvalue weighted by molar-refractivity contribution is -0.129. The molecule has 2 aliphatic carbocycles. The number of thiophene rings is 1. The van der Waals surface area contributed by atoms with Crippen molar-refractivity contribution in [1.29, 1.82) is 0 Å². The van der Waals surface area contributed by atoms with Crippen LogP contribution in [0.2, 0.25) is 0 Å². The van der Waals surface area contributed by atoms with Crippen LogP contribution in [0, 0.1) is 24.7 Å². The predicted molar refractivity (Wildman–Crippen MR) is 153 cm³/mol. The monoisotopic (exact) mass is 535 g/mol. The third-order valence-electron chi connectivity index (χ3n) is 8.61. The highest BCUT2D eigenvalue weighted by atomic mass is 32.2. The third-order valence-corrected chi connectivity index (χ3v) is 10.7. The zero-order valence-corrected chi connectivity index (χ0v) is 24.3. The Balaban J connectivity index is 1.37. The van der Waals surface area contributed by atoms with Crippen molar-refractivity contribution in [1.82, 2.24) is 14.5 Å². The Morgan fingerprint density at radius 2 is 1.95 bits per heavy atom. The lowest BCUT2D eigenvalue weighted by Gasteiger charge is -2.39. The number of aryl methyl sites for hydroxylation is 4. The van der Waals surface area contributed by atoms with Crippen molar-refractivity contribution >= 4 is 39.2 Å². The number of hydrogen-bond donors (Lipinski definition) is 0. The van der Waals surface area contributed by atoms with Gasteiger partial charge in [0.1, 0.15) is 4.83 Å². The van der Waals surface area contributed by atoms with E-state index in [9.17, 15) is 9.59 Å². The van der Waals surface area contributed by atoms with Gasteiger partial charge in [-0.05, 0) is 86.8 Å². The van der Waals surface area contributed by atoms with Gasteiger partial charge in [-0.15, -0.1) is 11.3 Å². The summed E-state index contributed by atoms with van der Waals surface area (Å²) in [5, 5.41) is 1.42. The maximum atomic E-state index is 14.1. The number of carbonyl (C=O) groups is 1. The fourth-order valence-electron chi connectivity index (χ4n) is 7.51. The van der Waals surface area contributed by atoms with E-state index >= 15 is 0 Å². The number of carbonyl (C=O) groups excluding carboxylic acids is 1. The second kappa shape index (κ2) is 8.98. The number of nitrogens with zero attached hydrogens (tertiary/aromatic N) is 3. The van der Waals surface area contributed by atoms with Crippen LogP contribution >= 0.6 is 23.1 Å². The number of benzene rings is 1. The summed E-state index contributed by atoms with van der Waals surface area (Å²) in [5.74, 6) is 0.476. The summed E-state index contributed by atoms with van der Waals surface area (Å²) in [6.07, 6.45) is 7.62. The Hall–Kier alpha value is -2.12. The average Bonchev–Trinajstić information content (AvgIpc) is 3.31. The van der Waals surface area contributed by atoms with Crippen molar-refractivity contribution in [3.63, 3.8) is 0 Å². The molecule has 2 bridgehead atoms. The van der Waals surface area contributed by atoms with Gasteiger partial charge in [-0.3, -0.25) is 14.2 Å². The number of aromatic nitrogens is 2. The number of likely N-dealkylation sites (tertiary alicyclic amines) is 1. The van der Waals surface area contributed by atoms with Gasteiger partial charge in [0.25, 0.3) is 5.56 Å². The Kier molecular flexibility index (Phi) is 6.11.